The molecular formula is C13H23N3. The molecule has 1 aliphatic carbocycles. The van der Waals surface area contributed by atoms with E-state index in [9.17, 15) is 0 Å². The number of rotatable bonds is 4. The number of nitrogens with zero attached hydrogens (tertiary/aromatic N) is 1. The topological polar surface area (TPSA) is 54.7 Å². The average Bonchev–Trinajstić information content (AvgIpc) is 2.86. The van der Waals surface area contributed by atoms with Crippen molar-refractivity contribution in [1.82, 2.24) is 9.97 Å². The fourth-order valence-electron chi connectivity index (χ4n) is 2.67. The molecule has 1 aromatic heterocycles. The van der Waals surface area contributed by atoms with Crippen LogP contribution in [0.25, 0.3) is 0 Å². The van der Waals surface area contributed by atoms with Crippen molar-refractivity contribution in [2.45, 2.75) is 64.3 Å². The maximum Gasteiger partial charge on any atom is 0.126 e. The Balaban J connectivity index is 2.27. The van der Waals surface area contributed by atoms with Crippen LogP contribution in [0, 0.1) is 0 Å². The third kappa shape index (κ3) is 2.01. The summed E-state index contributed by atoms with van der Waals surface area (Å²) in [5, 5.41) is 0. The molecule has 0 radical (unpaired) electrons. The number of nitrogens with one attached hydrogen (secondary N) is 1. The van der Waals surface area contributed by atoms with Crippen LogP contribution >= 0.6 is 0 Å². The van der Waals surface area contributed by atoms with Crippen LogP contribution in [-0.4, -0.2) is 9.97 Å². The van der Waals surface area contributed by atoms with Gasteiger partial charge in [0.2, 0.25) is 0 Å². The molecule has 0 bridgehead atoms. The van der Waals surface area contributed by atoms with Gasteiger partial charge < -0.3 is 10.7 Å². The van der Waals surface area contributed by atoms with Crippen LogP contribution in [-0.2, 0) is 18.4 Å². The van der Waals surface area contributed by atoms with Crippen molar-refractivity contribution >= 4 is 0 Å². The van der Waals surface area contributed by atoms with Crippen molar-refractivity contribution in [2.75, 3.05) is 0 Å². The molecule has 0 unspecified atom stereocenters. The highest BCUT2D eigenvalue weighted by Gasteiger charge is 2.34. The zero-order chi connectivity index (χ0) is 11.6. The lowest BCUT2D eigenvalue weighted by Gasteiger charge is -2.20. The smallest absolute Gasteiger partial charge is 0.126 e. The Bertz CT molecular complexity index is 348. The van der Waals surface area contributed by atoms with Gasteiger partial charge in [-0.15, -0.1) is 0 Å². The van der Waals surface area contributed by atoms with E-state index in [1.165, 1.54) is 24.2 Å². The summed E-state index contributed by atoms with van der Waals surface area (Å²) in [6.07, 6.45) is 7.88. The van der Waals surface area contributed by atoms with E-state index < -0.39 is 0 Å². The molecular weight excluding hydrogens is 198 g/mol. The number of aromatic amines is 1. The normalized spacial score (nSPS) is 19.2. The first-order valence-corrected chi connectivity index (χ1v) is 6.56. The summed E-state index contributed by atoms with van der Waals surface area (Å²) in [6.45, 7) is 4.37. The van der Waals surface area contributed by atoms with Crippen molar-refractivity contribution in [3.63, 3.8) is 0 Å². The molecule has 0 aromatic carbocycles. The molecule has 1 saturated carbocycles. The lowest BCUT2D eigenvalue weighted by atomic mass is 9.99. The first kappa shape index (κ1) is 11.6. The van der Waals surface area contributed by atoms with Crippen LogP contribution in [0.5, 0.6) is 0 Å². The first-order valence-electron chi connectivity index (χ1n) is 6.56. The minimum absolute atomic E-state index is 0.171. The maximum absolute atomic E-state index is 6.42. The third-order valence-electron chi connectivity index (χ3n) is 3.67. The van der Waals surface area contributed by atoms with Gasteiger partial charge in [0.1, 0.15) is 5.82 Å². The van der Waals surface area contributed by atoms with Crippen LogP contribution in [0.2, 0.25) is 0 Å². The summed E-state index contributed by atoms with van der Waals surface area (Å²) in [4.78, 5) is 8.20. The summed E-state index contributed by atoms with van der Waals surface area (Å²) < 4.78 is 0. The SMILES string of the molecule is CCCc1[nH]c(C2(N)CCCC2)nc1CC. The van der Waals surface area contributed by atoms with Crippen molar-refractivity contribution in [1.29, 1.82) is 0 Å². The molecule has 0 spiro atoms. The Hall–Kier alpha value is -0.830. The van der Waals surface area contributed by atoms with Crippen LogP contribution < -0.4 is 5.73 Å². The Labute approximate surface area is 97.8 Å². The van der Waals surface area contributed by atoms with Crippen LogP contribution in [0.3, 0.4) is 0 Å². The summed E-state index contributed by atoms with van der Waals surface area (Å²) in [7, 11) is 0. The second-order valence-corrected chi connectivity index (χ2v) is 4.98. The van der Waals surface area contributed by atoms with Crippen molar-refractivity contribution in [3.8, 4) is 0 Å². The van der Waals surface area contributed by atoms with Gasteiger partial charge in [-0.1, -0.05) is 33.1 Å². The molecule has 0 aliphatic heterocycles. The van der Waals surface area contributed by atoms with Crippen LogP contribution in [0.4, 0.5) is 0 Å². The number of H-pyrrole nitrogens is 1. The molecule has 1 aliphatic rings. The Morgan fingerprint density at radius 2 is 2.00 bits per heavy atom. The van der Waals surface area contributed by atoms with E-state index in [2.05, 4.69) is 18.8 Å². The fraction of sp³-hybridized carbons (Fsp3) is 0.769. The van der Waals surface area contributed by atoms with Gasteiger partial charge in [0.15, 0.2) is 0 Å². The van der Waals surface area contributed by atoms with Crippen molar-refractivity contribution in [2.24, 2.45) is 5.73 Å². The molecule has 3 N–H and O–H groups in total. The Morgan fingerprint density at radius 1 is 1.31 bits per heavy atom. The molecule has 0 saturated heterocycles. The Morgan fingerprint density at radius 3 is 2.56 bits per heavy atom. The average molecular weight is 221 g/mol. The molecule has 1 fully saturated rings. The standard InChI is InChI=1S/C13H23N3/c1-3-7-11-10(4-2)15-12(16-11)13(14)8-5-6-9-13/h3-9,14H2,1-2H3,(H,15,16). The van der Waals surface area contributed by atoms with E-state index in [0.29, 0.717) is 0 Å². The molecule has 3 nitrogen and oxygen atoms in total. The van der Waals surface area contributed by atoms with E-state index in [1.807, 2.05) is 0 Å². The lowest BCUT2D eigenvalue weighted by Crippen LogP contribution is -2.34. The molecule has 1 heterocycles. The number of hydrogen-bond acceptors (Lipinski definition) is 2. The van der Waals surface area contributed by atoms with Crippen molar-refractivity contribution < 1.29 is 0 Å². The largest absolute Gasteiger partial charge is 0.344 e. The fourth-order valence-corrected chi connectivity index (χ4v) is 2.67. The van der Waals surface area contributed by atoms with E-state index in [4.69, 9.17) is 10.7 Å². The maximum atomic E-state index is 6.42. The molecule has 90 valence electrons. The number of aromatic nitrogens is 2. The van der Waals surface area contributed by atoms with E-state index >= 15 is 0 Å². The second kappa shape index (κ2) is 4.58. The highest BCUT2D eigenvalue weighted by atomic mass is 15.0. The van der Waals surface area contributed by atoms with E-state index in [0.717, 1.165) is 37.9 Å². The molecule has 3 heteroatoms. The zero-order valence-electron chi connectivity index (χ0n) is 10.5. The highest BCUT2D eigenvalue weighted by molar-refractivity contribution is 5.20. The number of hydrogen-bond donors (Lipinski definition) is 2. The minimum atomic E-state index is -0.171. The number of aryl methyl sites for hydroxylation is 2. The summed E-state index contributed by atoms with van der Waals surface area (Å²) in [6, 6.07) is 0. The number of imidazole rings is 1. The molecule has 2 rings (SSSR count). The van der Waals surface area contributed by atoms with Crippen molar-refractivity contribution in [3.05, 3.63) is 17.2 Å². The lowest BCUT2D eigenvalue weighted by molar-refractivity contribution is 0.434. The van der Waals surface area contributed by atoms with Gasteiger partial charge in [0.25, 0.3) is 0 Å². The quantitative estimate of drug-likeness (QED) is 0.821. The monoisotopic (exact) mass is 221 g/mol. The van der Waals surface area contributed by atoms with Gasteiger partial charge in [-0.25, -0.2) is 4.98 Å². The van der Waals surface area contributed by atoms with E-state index in [1.54, 1.807) is 0 Å². The van der Waals surface area contributed by atoms with Gasteiger partial charge in [0.05, 0.1) is 11.2 Å². The molecule has 0 amide bonds. The summed E-state index contributed by atoms with van der Waals surface area (Å²) in [5.41, 5.74) is 8.77. The predicted octanol–water partition coefficient (Wildman–Crippen LogP) is 2.65. The van der Waals surface area contributed by atoms with Gasteiger partial charge in [-0.3, -0.25) is 0 Å². The number of nitrogens with two attached hydrogens (primary N) is 1. The van der Waals surface area contributed by atoms with Gasteiger partial charge in [-0.05, 0) is 25.7 Å². The Kier molecular flexibility index (Phi) is 3.33. The second-order valence-electron chi connectivity index (χ2n) is 4.98. The van der Waals surface area contributed by atoms with E-state index in [-0.39, 0.29) is 5.54 Å². The zero-order valence-corrected chi connectivity index (χ0v) is 10.5. The minimum Gasteiger partial charge on any atom is -0.344 e. The van der Waals surface area contributed by atoms with Crippen LogP contribution in [0.15, 0.2) is 0 Å². The first-order chi connectivity index (χ1) is 7.69. The van der Waals surface area contributed by atoms with Gasteiger partial charge in [-0.2, -0.15) is 0 Å². The molecule has 1 aromatic rings. The third-order valence-corrected chi connectivity index (χ3v) is 3.67. The van der Waals surface area contributed by atoms with Gasteiger partial charge in [0, 0.05) is 5.69 Å². The van der Waals surface area contributed by atoms with Crippen LogP contribution in [0.1, 0.15) is 63.2 Å². The summed E-state index contributed by atoms with van der Waals surface area (Å²) in [5.74, 6) is 1.03. The summed E-state index contributed by atoms with van der Waals surface area (Å²) >= 11 is 0. The predicted molar refractivity (Wildman–Crippen MR) is 66.3 cm³/mol. The molecule has 16 heavy (non-hydrogen) atoms. The molecule has 0 atom stereocenters. The van der Waals surface area contributed by atoms with Gasteiger partial charge >= 0.3 is 0 Å². The highest BCUT2D eigenvalue weighted by Crippen LogP contribution is 2.35.